The minimum atomic E-state index is -0.691. The Labute approximate surface area is 145 Å². The molecule has 25 heavy (non-hydrogen) atoms. The van der Waals surface area contributed by atoms with Gasteiger partial charge in [-0.1, -0.05) is 12.1 Å². The number of nitrogens with one attached hydrogen (secondary N) is 1. The number of anilines is 1. The maximum absolute atomic E-state index is 14.2. The molecule has 128 valence electrons. The molecule has 0 spiro atoms. The largest absolute Gasteiger partial charge is 0.453 e. The maximum atomic E-state index is 14.2. The predicted octanol–water partition coefficient (Wildman–Crippen LogP) is 5.99. The molecule has 2 aliphatic heterocycles. The zero-order chi connectivity index (χ0) is 17.9. The topological polar surface area (TPSA) is 21.3 Å². The zero-order valence-electron chi connectivity index (χ0n) is 14.6. The first kappa shape index (κ1) is 15.9. The van der Waals surface area contributed by atoms with Gasteiger partial charge in [-0.15, -0.1) is 0 Å². The molecule has 2 nitrogen and oxygen atoms in total. The molecule has 0 unspecified atom stereocenters. The number of ether oxygens (including phenoxy) is 1. The summed E-state index contributed by atoms with van der Waals surface area (Å²) in [6, 6.07) is 6.05. The third-order valence-corrected chi connectivity index (χ3v) is 4.65. The van der Waals surface area contributed by atoms with Gasteiger partial charge >= 0.3 is 0 Å². The molecular formula is C21H19F2NO. The Morgan fingerprint density at radius 2 is 1.84 bits per heavy atom. The van der Waals surface area contributed by atoms with Gasteiger partial charge in [-0.3, -0.25) is 0 Å². The van der Waals surface area contributed by atoms with Gasteiger partial charge in [0.05, 0.1) is 5.54 Å². The van der Waals surface area contributed by atoms with Crippen molar-refractivity contribution in [2.75, 3.05) is 5.32 Å². The lowest BCUT2D eigenvalue weighted by Gasteiger charge is -2.35. The van der Waals surface area contributed by atoms with E-state index in [2.05, 4.69) is 32.2 Å². The molecule has 0 aromatic heterocycles. The fourth-order valence-electron chi connectivity index (χ4n) is 3.82. The average Bonchev–Trinajstić information content (AvgIpc) is 2.52. The van der Waals surface area contributed by atoms with E-state index < -0.39 is 11.6 Å². The summed E-state index contributed by atoms with van der Waals surface area (Å²) in [6.07, 6.45) is 3.97. The Hall–Kier alpha value is -2.62. The van der Waals surface area contributed by atoms with E-state index in [0.29, 0.717) is 11.3 Å². The lowest BCUT2D eigenvalue weighted by Crippen LogP contribution is -2.32. The molecule has 0 atom stereocenters. The molecule has 2 aromatic rings. The smallest absolute Gasteiger partial charge is 0.171 e. The van der Waals surface area contributed by atoms with Crippen LogP contribution in [0, 0.1) is 11.6 Å². The van der Waals surface area contributed by atoms with Gasteiger partial charge < -0.3 is 10.1 Å². The third kappa shape index (κ3) is 2.36. The second-order valence-corrected chi connectivity index (χ2v) is 7.10. The van der Waals surface area contributed by atoms with Crippen LogP contribution in [0.4, 0.5) is 14.5 Å². The van der Waals surface area contributed by atoms with E-state index in [-0.39, 0.29) is 11.3 Å². The summed E-state index contributed by atoms with van der Waals surface area (Å²) in [5.74, 6) is -0.644. The van der Waals surface area contributed by atoms with Crippen molar-refractivity contribution in [3.05, 3.63) is 59.2 Å². The molecule has 0 aliphatic carbocycles. The van der Waals surface area contributed by atoms with E-state index in [4.69, 9.17) is 4.74 Å². The van der Waals surface area contributed by atoms with E-state index >= 15 is 0 Å². The van der Waals surface area contributed by atoms with Gasteiger partial charge in [0, 0.05) is 28.4 Å². The molecule has 0 radical (unpaired) electrons. The summed E-state index contributed by atoms with van der Waals surface area (Å²) in [4.78, 5) is 0. The van der Waals surface area contributed by atoms with Gasteiger partial charge in [0.1, 0.15) is 11.6 Å². The minimum absolute atomic E-state index is 0.0766. The van der Waals surface area contributed by atoms with Crippen molar-refractivity contribution in [3.63, 3.8) is 0 Å². The fourth-order valence-corrected chi connectivity index (χ4v) is 3.82. The second-order valence-electron chi connectivity index (χ2n) is 7.10. The highest BCUT2D eigenvalue weighted by Crippen LogP contribution is 2.49. The number of hydrogen-bond donors (Lipinski definition) is 1. The summed E-state index contributed by atoms with van der Waals surface area (Å²) in [7, 11) is 0. The van der Waals surface area contributed by atoms with Crippen LogP contribution in [-0.4, -0.2) is 5.54 Å². The summed E-state index contributed by atoms with van der Waals surface area (Å²) in [5.41, 5.74) is 5.05. The first-order valence-corrected chi connectivity index (χ1v) is 8.29. The van der Waals surface area contributed by atoms with Crippen molar-refractivity contribution in [2.24, 2.45) is 0 Å². The van der Waals surface area contributed by atoms with E-state index in [1.165, 1.54) is 6.07 Å². The Morgan fingerprint density at radius 1 is 1.08 bits per heavy atom. The van der Waals surface area contributed by atoms with Gasteiger partial charge in [0.15, 0.2) is 11.6 Å². The molecule has 1 N–H and O–H groups in total. The molecule has 4 heteroatoms. The van der Waals surface area contributed by atoms with Gasteiger partial charge in [-0.25, -0.2) is 8.78 Å². The molecule has 0 saturated heterocycles. The number of allylic oxidation sites excluding steroid dienone is 2. The average molecular weight is 339 g/mol. The number of benzene rings is 2. The normalized spacial score (nSPS) is 18.5. The van der Waals surface area contributed by atoms with Crippen LogP contribution in [0.15, 0.2) is 36.4 Å². The highest BCUT2D eigenvalue weighted by Gasteiger charge is 2.32. The first-order valence-electron chi connectivity index (χ1n) is 8.29. The summed E-state index contributed by atoms with van der Waals surface area (Å²) < 4.78 is 33.9. The van der Waals surface area contributed by atoms with Crippen LogP contribution in [0.25, 0.3) is 22.5 Å². The summed E-state index contributed by atoms with van der Waals surface area (Å²) >= 11 is 0. The van der Waals surface area contributed by atoms with E-state index in [1.54, 1.807) is 0 Å². The van der Waals surface area contributed by atoms with Crippen molar-refractivity contribution in [2.45, 2.75) is 33.2 Å². The Kier molecular flexibility index (Phi) is 3.29. The molecule has 0 bridgehead atoms. The highest BCUT2D eigenvalue weighted by molar-refractivity contribution is 5.97. The summed E-state index contributed by atoms with van der Waals surface area (Å²) in [5, 5.41) is 3.50. The molecule has 0 amide bonds. The Balaban J connectivity index is 2.07. The van der Waals surface area contributed by atoms with Crippen LogP contribution < -0.4 is 10.1 Å². The molecule has 2 aromatic carbocycles. The van der Waals surface area contributed by atoms with Gasteiger partial charge in [-0.05, 0) is 57.0 Å². The lowest BCUT2D eigenvalue weighted by molar-refractivity contribution is 0.457. The van der Waals surface area contributed by atoms with E-state index in [9.17, 15) is 8.78 Å². The first-order chi connectivity index (χ1) is 11.8. The predicted molar refractivity (Wildman–Crippen MR) is 97.4 cm³/mol. The molecule has 2 aliphatic rings. The molecule has 0 fully saturated rings. The number of hydrogen-bond acceptors (Lipinski definition) is 2. The third-order valence-electron chi connectivity index (χ3n) is 4.65. The lowest BCUT2D eigenvalue weighted by atomic mass is 9.83. The van der Waals surface area contributed by atoms with Crippen molar-refractivity contribution in [1.82, 2.24) is 0 Å². The van der Waals surface area contributed by atoms with Crippen molar-refractivity contribution >= 4 is 17.0 Å². The number of rotatable bonds is 0. The van der Waals surface area contributed by atoms with Crippen LogP contribution >= 0.6 is 0 Å². The van der Waals surface area contributed by atoms with Gasteiger partial charge in [-0.2, -0.15) is 0 Å². The zero-order valence-corrected chi connectivity index (χ0v) is 14.6. The van der Waals surface area contributed by atoms with Crippen LogP contribution in [0.3, 0.4) is 0 Å². The van der Waals surface area contributed by atoms with E-state index in [0.717, 1.165) is 34.0 Å². The minimum Gasteiger partial charge on any atom is -0.453 e. The van der Waals surface area contributed by atoms with E-state index in [1.807, 2.05) is 25.1 Å². The van der Waals surface area contributed by atoms with Crippen LogP contribution in [0.5, 0.6) is 5.75 Å². The standard InChI is InChI=1S/C21H19F2NO/c1-5-17-19-13(14-8-12(22)9-15(23)20(14)25-17)6-7-16-18(19)11(2)10-21(3,4)24-16/h5-10,24H,1-4H3. The van der Waals surface area contributed by atoms with Crippen molar-refractivity contribution < 1.29 is 13.5 Å². The SMILES string of the molecule is CC=C1Oc2c(F)cc(F)cc2-c2ccc3c(c21)C(C)=CC(C)(C)N3. The quantitative estimate of drug-likeness (QED) is 0.636. The van der Waals surface area contributed by atoms with Gasteiger partial charge in [0.2, 0.25) is 0 Å². The molecule has 2 heterocycles. The molecular weight excluding hydrogens is 320 g/mol. The van der Waals surface area contributed by atoms with Crippen LogP contribution in [-0.2, 0) is 0 Å². The highest BCUT2D eigenvalue weighted by atomic mass is 19.1. The number of fused-ring (bicyclic) bond motifs is 5. The van der Waals surface area contributed by atoms with Crippen LogP contribution in [0.2, 0.25) is 0 Å². The van der Waals surface area contributed by atoms with Crippen molar-refractivity contribution in [3.8, 4) is 16.9 Å². The van der Waals surface area contributed by atoms with Crippen LogP contribution in [0.1, 0.15) is 38.8 Å². The monoisotopic (exact) mass is 339 g/mol. The van der Waals surface area contributed by atoms with Crippen molar-refractivity contribution in [1.29, 1.82) is 0 Å². The molecule has 4 rings (SSSR count). The fraction of sp³-hybridized carbons (Fsp3) is 0.238. The molecule has 0 saturated carbocycles. The maximum Gasteiger partial charge on any atom is 0.171 e. The Morgan fingerprint density at radius 3 is 2.56 bits per heavy atom. The summed E-state index contributed by atoms with van der Waals surface area (Å²) in [6.45, 7) is 8.11. The van der Waals surface area contributed by atoms with Gasteiger partial charge in [0.25, 0.3) is 0 Å². The number of halogens is 2. The Bertz CT molecular complexity index is 970. The second kappa shape index (κ2) is 5.19.